The van der Waals surface area contributed by atoms with Crippen LogP contribution in [0, 0.1) is 0 Å². The number of nitrogens with one attached hydrogen (secondary N) is 1. The van der Waals surface area contributed by atoms with Crippen LogP contribution in [0.3, 0.4) is 0 Å². The first-order chi connectivity index (χ1) is 13.0. The minimum Gasteiger partial charge on any atom is -0.368 e. The van der Waals surface area contributed by atoms with E-state index in [1.54, 1.807) is 0 Å². The standard InChI is InChI=1S/C22H28ClN3O/c1-17(2)19-5-9-21(10-6-19)25-13-15-26(16-14-25)22(27)24-12-11-18-3-7-20(23)8-4-18/h3-10,17H,11-16H2,1-2H3,(H,24,27). The molecule has 144 valence electrons. The number of nitrogens with zero attached hydrogens (tertiary/aromatic N) is 2. The Morgan fingerprint density at radius 1 is 1.00 bits per heavy atom. The van der Waals surface area contributed by atoms with Gasteiger partial charge in [-0.2, -0.15) is 0 Å². The fourth-order valence-electron chi connectivity index (χ4n) is 3.31. The molecule has 1 saturated heterocycles. The summed E-state index contributed by atoms with van der Waals surface area (Å²) in [5.41, 5.74) is 3.77. The molecule has 1 aliphatic rings. The van der Waals surface area contributed by atoms with Crippen LogP contribution in [0.25, 0.3) is 0 Å². The Kier molecular flexibility index (Phi) is 6.62. The third kappa shape index (κ3) is 5.39. The lowest BCUT2D eigenvalue weighted by Gasteiger charge is -2.36. The van der Waals surface area contributed by atoms with E-state index >= 15 is 0 Å². The molecule has 2 amide bonds. The zero-order valence-electron chi connectivity index (χ0n) is 16.1. The molecular weight excluding hydrogens is 358 g/mol. The van der Waals surface area contributed by atoms with Crippen molar-refractivity contribution in [1.82, 2.24) is 10.2 Å². The first kappa shape index (κ1) is 19.6. The van der Waals surface area contributed by atoms with Gasteiger partial charge in [-0.3, -0.25) is 0 Å². The summed E-state index contributed by atoms with van der Waals surface area (Å²) in [7, 11) is 0. The van der Waals surface area contributed by atoms with Crippen molar-refractivity contribution in [2.24, 2.45) is 0 Å². The molecule has 2 aromatic rings. The molecule has 4 nitrogen and oxygen atoms in total. The van der Waals surface area contributed by atoms with Crippen LogP contribution < -0.4 is 10.2 Å². The van der Waals surface area contributed by atoms with E-state index in [2.05, 4.69) is 48.3 Å². The van der Waals surface area contributed by atoms with E-state index in [4.69, 9.17) is 11.6 Å². The lowest BCUT2D eigenvalue weighted by Crippen LogP contribution is -2.52. The van der Waals surface area contributed by atoms with Gasteiger partial charge in [-0.15, -0.1) is 0 Å². The topological polar surface area (TPSA) is 35.6 Å². The van der Waals surface area contributed by atoms with E-state index < -0.39 is 0 Å². The summed E-state index contributed by atoms with van der Waals surface area (Å²) in [6, 6.07) is 16.6. The molecule has 1 N–H and O–H groups in total. The number of piperazine rings is 1. The Bertz CT molecular complexity index is 735. The number of amides is 2. The third-order valence-electron chi connectivity index (χ3n) is 5.09. The van der Waals surface area contributed by atoms with Gasteiger partial charge in [0.05, 0.1) is 0 Å². The van der Waals surface area contributed by atoms with Gasteiger partial charge in [0.2, 0.25) is 0 Å². The lowest BCUT2D eigenvalue weighted by molar-refractivity contribution is 0.194. The molecule has 0 saturated carbocycles. The summed E-state index contributed by atoms with van der Waals surface area (Å²) in [6.07, 6.45) is 0.811. The van der Waals surface area contributed by atoms with Gasteiger partial charge in [0.1, 0.15) is 0 Å². The summed E-state index contributed by atoms with van der Waals surface area (Å²) < 4.78 is 0. The average Bonchev–Trinajstić information content (AvgIpc) is 2.69. The Balaban J connectivity index is 1.42. The summed E-state index contributed by atoms with van der Waals surface area (Å²) >= 11 is 5.89. The fourth-order valence-corrected chi connectivity index (χ4v) is 3.44. The van der Waals surface area contributed by atoms with Crippen LogP contribution in [0.15, 0.2) is 48.5 Å². The molecule has 1 heterocycles. The van der Waals surface area contributed by atoms with E-state index in [0.717, 1.165) is 37.6 Å². The van der Waals surface area contributed by atoms with Crippen LogP contribution in [0.2, 0.25) is 5.02 Å². The number of urea groups is 1. The first-order valence-electron chi connectivity index (χ1n) is 9.65. The van der Waals surface area contributed by atoms with Crippen LogP contribution in [0.1, 0.15) is 30.9 Å². The van der Waals surface area contributed by atoms with Crippen molar-refractivity contribution < 1.29 is 4.79 Å². The van der Waals surface area contributed by atoms with Gasteiger partial charge in [-0.1, -0.05) is 49.7 Å². The minimum absolute atomic E-state index is 0.0266. The van der Waals surface area contributed by atoms with Gasteiger partial charge in [-0.25, -0.2) is 4.79 Å². The van der Waals surface area contributed by atoms with Gasteiger partial charge < -0.3 is 15.1 Å². The van der Waals surface area contributed by atoms with Crippen molar-refractivity contribution in [3.63, 3.8) is 0 Å². The maximum atomic E-state index is 12.4. The predicted octanol–water partition coefficient (Wildman–Crippen LogP) is 4.54. The quantitative estimate of drug-likeness (QED) is 0.820. The number of hydrogen-bond donors (Lipinski definition) is 1. The Hall–Kier alpha value is -2.20. The average molecular weight is 386 g/mol. The second-order valence-electron chi connectivity index (χ2n) is 7.33. The minimum atomic E-state index is 0.0266. The number of rotatable bonds is 5. The van der Waals surface area contributed by atoms with Crippen molar-refractivity contribution >= 4 is 23.3 Å². The molecule has 0 spiro atoms. The van der Waals surface area contributed by atoms with Crippen molar-refractivity contribution in [3.05, 3.63) is 64.7 Å². The van der Waals surface area contributed by atoms with Gasteiger partial charge in [-0.05, 0) is 47.7 Å². The number of hydrogen-bond acceptors (Lipinski definition) is 2. The smallest absolute Gasteiger partial charge is 0.317 e. The van der Waals surface area contributed by atoms with E-state index in [-0.39, 0.29) is 6.03 Å². The Morgan fingerprint density at radius 2 is 1.63 bits per heavy atom. The highest BCUT2D eigenvalue weighted by atomic mass is 35.5. The molecule has 0 aliphatic carbocycles. The van der Waals surface area contributed by atoms with Crippen LogP contribution in [0.5, 0.6) is 0 Å². The summed E-state index contributed by atoms with van der Waals surface area (Å²) in [5.74, 6) is 0.549. The molecule has 2 aromatic carbocycles. The lowest BCUT2D eigenvalue weighted by atomic mass is 10.0. The van der Waals surface area contributed by atoms with E-state index in [1.165, 1.54) is 16.8 Å². The molecule has 0 aromatic heterocycles. The molecule has 0 radical (unpaired) electrons. The van der Waals surface area contributed by atoms with Crippen LogP contribution in [-0.4, -0.2) is 43.7 Å². The predicted molar refractivity (Wildman–Crippen MR) is 113 cm³/mol. The van der Waals surface area contributed by atoms with Crippen molar-refractivity contribution in [2.75, 3.05) is 37.6 Å². The number of carbonyl (C=O) groups is 1. The summed E-state index contributed by atoms with van der Waals surface area (Å²) in [5, 5.41) is 3.76. The molecular formula is C22H28ClN3O. The van der Waals surface area contributed by atoms with E-state index in [1.807, 2.05) is 29.2 Å². The van der Waals surface area contributed by atoms with E-state index in [0.29, 0.717) is 12.5 Å². The van der Waals surface area contributed by atoms with Crippen LogP contribution in [-0.2, 0) is 6.42 Å². The fraction of sp³-hybridized carbons (Fsp3) is 0.409. The van der Waals surface area contributed by atoms with Gasteiger partial charge in [0.15, 0.2) is 0 Å². The molecule has 1 fully saturated rings. The Labute approximate surface area is 167 Å². The summed E-state index contributed by atoms with van der Waals surface area (Å²) in [4.78, 5) is 16.6. The number of anilines is 1. The van der Waals surface area contributed by atoms with Crippen LogP contribution in [0.4, 0.5) is 10.5 Å². The van der Waals surface area contributed by atoms with E-state index in [9.17, 15) is 4.79 Å². The highest BCUT2D eigenvalue weighted by molar-refractivity contribution is 6.30. The SMILES string of the molecule is CC(C)c1ccc(N2CCN(C(=O)NCCc3ccc(Cl)cc3)CC2)cc1. The molecule has 1 aliphatic heterocycles. The Morgan fingerprint density at radius 3 is 2.22 bits per heavy atom. The number of benzene rings is 2. The van der Waals surface area contributed by atoms with Gasteiger partial charge in [0.25, 0.3) is 0 Å². The molecule has 0 atom stereocenters. The third-order valence-corrected chi connectivity index (χ3v) is 5.35. The second-order valence-corrected chi connectivity index (χ2v) is 7.77. The molecule has 3 rings (SSSR count). The molecule has 27 heavy (non-hydrogen) atoms. The van der Waals surface area contributed by atoms with Crippen molar-refractivity contribution in [1.29, 1.82) is 0 Å². The van der Waals surface area contributed by atoms with Crippen molar-refractivity contribution in [3.8, 4) is 0 Å². The van der Waals surface area contributed by atoms with Crippen molar-refractivity contribution in [2.45, 2.75) is 26.2 Å². The maximum absolute atomic E-state index is 12.4. The van der Waals surface area contributed by atoms with Gasteiger partial charge in [0, 0.05) is 43.4 Å². The normalized spacial score (nSPS) is 14.5. The summed E-state index contributed by atoms with van der Waals surface area (Å²) in [6.45, 7) is 8.28. The molecule has 0 unspecified atom stereocenters. The first-order valence-corrected chi connectivity index (χ1v) is 10.0. The van der Waals surface area contributed by atoms with Crippen LogP contribution >= 0.6 is 11.6 Å². The maximum Gasteiger partial charge on any atom is 0.317 e. The zero-order chi connectivity index (χ0) is 19.2. The largest absolute Gasteiger partial charge is 0.368 e. The monoisotopic (exact) mass is 385 g/mol. The molecule has 5 heteroatoms. The second kappa shape index (κ2) is 9.14. The number of halogens is 1. The molecule has 0 bridgehead atoms. The highest BCUT2D eigenvalue weighted by Crippen LogP contribution is 2.21. The highest BCUT2D eigenvalue weighted by Gasteiger charge is 2.21. The van der Waals surface area contributed by atoms with Gasteiger partial charge >= 0.3 is 6.03 Å². The number of carbonyl (C=O) groups excluding carboxylic acids is 1. The zero-order valence-corrected chi connectivity index (χ0v) is 16.9.